The maximum Gasteiger partial charge on any atom is 0.0785 e. The van der Waals surface area contributed by atoms with Crippen molar-refractivity contribution in [1.29, 1.82) is 0 Å². The van der Waals surface area contributed by atoms with Crippen LogP contribution in [0.4, 0.5) is 0 Å². The molecular weight excluding hydrogens is 324 g/mol. The van der Waals surface area contributed by atoms with Crippen LogP contribution in [0.25, 0.3) is 0 Å². The normalized spacial score (nSPS) is 8.88. The Balaban J connectivity index is 1.84. The molecule has 0 aliphatic rings. The average molecular weight is 334 g/mol. The monoisotopic (exact) mass is 334 g/mol. The second kappa shape index (κ2) is 7.68. The quantitative estimate of drug-likeness (QED) is 0.590. The SMILES string of the molecule is C#Cc1ccncc1C#Cc1ccc(C#Cc2cnccc2C#C)s1. The lowest BCUT2D eigenvalue weighted by molar-refractivity contribution is 1.30. The summed E-state index contributed by atoms with van der Waals surface area (Å²) in [6.07, 6.45) is 17.6. The van der Waals surface area contributed by atoms with Gasteiger partial charge in [0.1, 0.15) is 0 Å². The highest BCUT2D eigenvalue weighted by Crippen LogP contribution is 2.15. The van der Waals surface area contributed by atoms with Crippen LogP contribution in [0.15, 0.2) is 49.1 Å². The third-order valence-electron chi connectivity index (χ3n) is 3.20. The molecule has 3 aromatic rings. The van der Waals surface area contributed by atoms with Gasteiger partial charge in [-0.2, -0.15) is 0 Å². The Morgan fingerprint density at radius 2 is 1.12 bits per heavy atom. The molecule has 0 fully saturated rings. The molecule has 0 atom stereocenters. The van der Waals surface area contributed by atoms with Crippen molar-refractivity contribution < 1.29 is 0 Å². The summed E-state index contributed by atoms with van der Waals surface area (Å²) < 4.78 is 0. The molecule has 0 amide bonds. The van der Waals surface area contributed by atoms with Crippen LogP contribution in [0.3, 0.4) is 0 Å². The predicted molar refractivity (Wildman–Crippen MR) is 101 cm³/mol. The third-order valence-corrected chi connectivity index (χ3v) is 4.12. The topological polar surface area (TPSA) is 25.8 Å². The first kappa shape index (κ1) is 16.1. The molecule has 0 spiro atoms. The van der Waals surface area contributed by atoms with E-state index in [-0.39, 0.29) is 0 Å². The fraction of sp³-hybridized carbons (Fsp3) is 0. The zero-order chi connectivity index (χ0) is 17.5. The van der Waals surface area contributed by atoms with Gasteiger partial charge in [-0.1, -0.05) is 35.5 Å². The molecule has 114 valence electrons. The first-order valence-electron chi connectivity index (χ1n) is 7.25. The Kier molecular flexibility index (Phi) is 4.95. The predicted octanol–water partition coefficient (Wildman–Crippen LogP) is 3.30. The second-order valence-electron chi connectivity index (χ2n) is 4.80. The van der Waals surface area contributed by atoms with Crippen LogP contribution in [0.5, 0.6) is 0 Å². The lowest BCUT2D eigenvalue weighted by atomic mass is 10.1. The van der Waals surface area contributed by atoms with Gasteiger partial charge in [0, 0.05) is 35.9 Å². The number of pyridine rings is 2. The van der Waals surface area contributed by atoms with Crippen LogP contribution in [0, 0.1) is 48.4 Å². The second-order valence-corrected chi connectivity index (χ2v) is 5.88. The largest absolute Gasteiger partial charge is 0.263 e. The van der Waals surface area contributed by atoms with E-state index in [2.05, 4.69) is 45.5 Å². The van der Waals surface area contributed by atoms with E-state index in [4.69, 9.17) is 12.8 Å². The molecule has 0 radical (unpaired) electrons. The minimum absolute atomic E-state index is 0.734. The summed E-state index contributed by atoms with van der Waals surface area (Å²) in [6, 6.07) is 7.40. The van der Waals surface area contributed by atoms with Crippen molar-refractivity contribution >= 4 is 11.3 Å². The number of thiophene rings is 1. The van der Waals surface area contributed by atoms with Crippen molar-refractivity contribution in [3.05, 3.63) is 81.1 Å². The fourth-order valence-corrected chi connectivity index (χ4v) is 2.68. The summed E-state index contributed by atoms with van der Waals surface area (Å²) in [4.78, 5) is 9.91. The smallest absolute Gasteiger partial charge is 0.0785 e. The van der Waals surface area contributed by atoms with Crippen LogP contribution in [0.2, 0.25) is 0 Å². The van der Waals surface area contributed by atoms with Crippen molar-refractivity contribution in [2.45, 2.75) is 0 Å². The van der Waals surface area contributed by atoms with Crippen molar-refractivity contribution in [1.82, 2.24) is 9.97 Å². The number of terminal acetylenes is 2. The van der Waals surface area contributed by atoms with Gasteiger partial charge in [0.25, 0.3) is 0 Å². The molecule has 3 rings (SSSR count). The first-order chi connectivity index (χ1) is 12.3. The van der Waals surface area contributed by atoms with Crippen molar-refractivity contribution in [3.8, 4) is 48.4 Å². The summed E-state index contributed by atoms with van der Waals surface area (Å²) >= 11 is 1.51. The van der Waals surface area contributed by atoms with Gasteiger partial charge in [-0.25, -0.2) is 0 Å². The van der Waals surface area contributed by atoms with Gasteiger partial charge in [-0.3, -0.25) is 9.97 Å². The lowest BCUT2D eigenvalue weighted by Crippen LogP contribution is -1.84. The Morgan fingerprint density at radius 3 is 1.56 bits per heavy atom. The van der Waals surface area contributed by atoms with Gasteiger partial charge in [-0.05, 0) is 24.3 Å². The molecule has 0 bridgehead atoms. The Hall–Kier alpha value is -3.76. The summed E-state index contributed by atoms with van der Waals surface area (Å²) in [5.41, 5.74) is 2.94. The van der Waals surface area contributed by atoms with Gasteiger partial charge in [0.2, 0.25) is 0 Å². The molecule has 25 heavy (non-hydrogen) atoms. The molecular formula is C22H10N2S. The van der Waals surface area contributed by atoms with Gasteiger partial charge in [-0.15, -0.1) is 24.2 Å². The Bertz CT molecular complexity index is 1040. The first-order valence-corrected chi connectivity index (χ1v) is 8.07. The van der Waals surface area contributed by atoms with E-state index in [1.165, 1.54) is 11.3 Å². The summed E-state index contributed by atoms with van der Waals surface area (Å²) in [5, 5.41) is 0. The Morgan fingerprint density at radius 1 is 0.640 bits per heavy atom. The summed E-state index contributed by atoms with van der Waals surface area (Å²) in [6.45, 7) is 0. The lowest BCUT2D eigenvalue weighted by Gasteiger charge is -1.93. The minimum Gasteiger partial charge on any atom is -0.263 e. The summed E-state index contributed by atoms with van der Waals surface area (Å²) in [7, 11) is 0. The highest BCUT2D eigenvalue weighted by Gasteiger charge is 1.98. The number of hydrogen-bond donors (Lipinski definition) is 0. The van der Waals surface area contributed by atoms with Gasteiger partial charge in [0.05, 0.1) is 20.9 Å². The number of aromatic nitrogens is 2. The maximum atomic E-state index is 5.46. The van der Waals surface area contributed by atoms with Gasteiger partial charge < -0.3 is 0 Å². The van der Waals surface area contributed by atoms with Crippen LogP contribution >= 0.6 is 11.3 Å². The number of rotatable bonds is 0. The van der Waals surface area contributed by atoms with E-state index >= 15 is 0 Å². The third kappa shape index (κ3) is 3.96. The molecule has 0 aromatic carbocycles. The molecule has 0 saturated heterocycles. The molecule has 3 heteroatoms. The van der Waals surface area contributed by atoms with E-state index in [0.717, 1.165) is 32.0 Å². The van der Waals surface area contributed by atoms with E-state index in [0.29, 0.717) is 0 Å². The molecule has 3 aromatic heterocycles. The van der Waals surface area contributed by atoms with E-state index < -0.39 is 0 Å². The number of nitrogens with zero attached hydrogens (tertiary/aromatic N) is 2. The number of hydrogen-bond acceptors (Lipinski definition) is 3. The van der Waals surface area contributed by atoms with E-state index in [1.54, 1.807) is 36.9 Å². The molecule has 2 nitrogen and oxygen atoms in total. The highest BCUT2D eigenvalue weighted by molar-refractivity contribution is 7.13. The van der Waals surface area contributed by atoms with Crippen LogP contribution in [-0.4, -0.2) is 9.97 Å². The molecule has 0 unspecified atom stereocenters. The fourth-order valence-electron chi connectivity index (χ4n) is 1.97. The molecule has 0 saturated carbocycles. The molecule has 0 aliphatic carbocycles. The molecule has 3 heterocycles. The molecule has 0 aliphatic heterocycles. The highest BCUT2D eigenvalue weighted by atomic mass is 32.1. The summed E-state index contributed by atoms with van der Waals surface area (Å²) in [5.74, 6) is 17.5. The average Bonchev–Trinajstić information content (AvgIpc) is 3.13. The zero-order valence-electron chi connectivity index (χ0n) is 13.1. The van der Waals surface area contributed by atoms with Crippen molar-refractivity contribution in [3.63, 3.8) is 0 Å². The minimum atomic E-state index is 0.734. The van der Waals surface area contributed by atoms with Crippen molar-refractivity contribution in [2.24, 2.45) is 0 Å². The van der Waals surface area contributed by atoms with Crippen LogP contribution in [-0.2, 0) is 0 Å². The Labute approximate surface area is 151 Å². The van der Waals surface area contributed by atoms with Crippen LogP contribution in [0.1, 0.15) is 32.0 Å². The zero-order valence-corrected chi connectivity index (χ0v) is 13.9. The van der Waals surface area contributed by atoms with E-state index in [1.807, 2.05) is 12.1 Å². The van der Waals surface area contributed by atoms with Crippen molar-refractivity contribution in [2.75, 3.05) is 0 Å². The van der Waals surface area contributed by atoms with Crippen LogP contribution < -0.4 is 0 Å². The van der Waals surface area contributed by atoms with E-state index in [9.17, 15) is 0 Å². The molecule has 0 N–H and O–H groups in total. The van der Waals surface area contributed by atoms with Gasteiger partial charge >= 0.3 is 0 Å². The standard InChI is InChI=1S/C22H10N2S/c1-3-17-11-13-23-15-19(17)5-7-21-9-10-22(25-21)8-6-20-16-24-14-12-18(20)4-2/h1-2,9-16H. The maximum absolute atomic E-state index is 5.46. The van der Waals surface area contributed by atoms with Gasteiger partial charge in [0.15, 0.2) is 0 Å².